The predicted molar refractivity (Wildman–Crippen MR) is 77.6 cm³/mol. The average Bonchev–Trinajstić information content (AvgIpc) is 2.90. The molecule has 100 valence electrons. The van der Waals surface area contributed by atoms with Crippen LogP contribution in [0.15, 0.2) is 24.3 Å². The van der Waals surface area contributed by atoms with Gasteiger partial charge in [0.25, 0.3) is 0 Å². The number of benzene rings is 1. The Hall–Kier alpha value is -0.240. The molecule has 1 aromatic carbocycles. The number of hydrogen-bond donors (Lipinski definition) is 0. The molecular weight excluding hydrogens is 267 g/mol. The molecule has 1 fully saturated rings. The lowest BCUT2D eigenvalue weighted by atomic mass is 9.94. The Morgan fingerprint density at radius 1 is 1.28 bits per heavy atom. The summed E-state index contributed by atoms with van der Waals surface area (Å²) in [5.74, 6) is 1.26. The average molecular weight is 287 g/mol. The molecule has 1 saturated heterocycles. The summed E-state index contributed by atoms with van der Waals surface area (Å²) in [5, 5.41) is 0.792. The topological polar surface area (TPSA) is 9.23 Å². The van der Waals surface area contributed by atoms with E-state index in [9.17, 15) is 0 Å². The highest BCUT2D eigenvalue weighted by molar-refractivity contribution is 6.30. The van der Waals surface area contributed by atoms with Gasteiger partial charge in [-0.3, -0.25) is 0 Å². The summed E-state index contributed by atoms with van der Waals surface area (Å²) in [7, 11) is 0. The molecule has 1 aromatic rings. The number of rotatable bonds is 6. The molecule has 0 spiro atoms. The Kier molecular flexibility index (Phi) is 5.81. The van der Waals surface area contributed by atoms with E-state index in [0.29, 0.717) is 12.0 Å². The van der Waals surface area contributed by atoms with Gasteiger partial charge in [0.15, 0.2) is 0 Å². The second-order valence-corrected chi connectivity index (χ2v) is 5.81. The van der Waals surface area contributed by atoms with Crippen LogP contribution in [0.25, 0.3) is 0 Å². The van der Waals surface area contributed by atoms with Crippen LogP contribution in [0.4, 0.5) is 0 Å². The van der Waals surface area contributed by atoms with E-state index >= 15 is 0 Å². The van der Waals surface area contributed by atoms with Gasteiger partial charge in [0.2, 0.25) is 0 Å². The van der Waals surface area contributed by atoms with E-state index in [0.717, 1.165) is 36.8 Å². The highest BCUT2D eigenvalue weighted by Crippen LogP contribution is 2.23. The van der Waals surface area contributed by atoms with Crippen LogP contribution in [0.2, 0.25) is 5.02 Å². The maximum Gasteiger partial charge on any atom is 0.0576 e. The van der Waals surface area contributed by atoms with Gasteiger partial charge in [-0.25, -0.2) is 0 Å². The minimum absolute atomic E-state index is 0.473. The summed E-state index contributed by atoms with van der Waals surface area (Å²) in [6, 6.07) is 8.08. The lowest BCUT2D eigenvalue weighted by Crippen LogP contribution is -2.12. The van der Waals surface area contributed by atoms with Crippen LogP contribution in [0.3, 0.4) is 0 Å². The van der Waals surface area contributed by atoms with Crippen LogP contribution in [0.1, 0.15) is 31.2 Å². The first kappa shape index (κ1) is 14.2. The summed E-state index contributed by atoms with van der Waals surface area (Å²) in [4.78, 5) is 0. The molecule has 1 nitrogen and oxygen atoms in total. The van der Waals surface area contributed by atoms with Gasteiger partial charge in [-0.05, 0) is 55.7 Å². The van der Waals surface area contributed by atoms with Gasteiger partial charge in [0.05, 0.1) is 6.10 Å². The van der Waals surface area contributed by atoms with Gasteiger partial charge in [-0.1, -0.05) is 23.7 Å². The van der Waals surface area contributed by atoms with Crippen molar-refractivity contribution in [3.05, 3.63) is 34.9 Å². The standard InChI is InChI=1S/C15H20Cl2O/c16-11-13(5-8-15-2-1-9-18-15)10-12-3-6-14(17)7-4-12/h3-4,6-7,13,15H,1-2,5,8-11H2. The Morgan fingerprint density at radius 3 is 2.67 bits per heavy atom. The quantitative estimate of drug-likeness (QED) is 0.689. The zero-order valence-corrected chi connectivity index (χ0v) is 12.1. The Labute approximate surface area is 119 Å². The SMILES string of the molecule is ClCC(CCC1CCCO1)Cc1ccc(Cl)cc1. The fourth-order valence-corrected chi connectivity index (χ4v) is 2.87. The molecule has 0 radical (unpaired) electrons. The fraction of sp³-hybridized carbons (Fsp3) is 0.600. The number of hydrogen-bond acceptors (Lipinski definition) is 1. The van der Waals surface area contributed by atoms with Crippen molar-refractivity contribution in [2.75, 3.05) is 12.5 Å². The molecule has 0 amide bonds. The van der Waals surface area contributed by atoms with Crippen molar-refractivity contribution in [3.8, 4) is 0 Å². The third kappa shape index (κ3) is 4.46. The fourth-order valence-electron chi connectivity index (χ4n) is 2.48. The molecular formula is C15H20Cl2O. The van der Waals surface area contributed by atoms with E-state index in [-0.39, 0.29) is 0 Å². The maximum absolute atomic E-state index is 6.07. The molecule has 1 heterocycles. The normalized spacial score (nSPS) is 21.1. The van der Waals surface area contributed by atoms with E-state index in [1.54, 1.807) is 0 Å². The molecule has 2 rings (SSSR count). The van der Waals surface area contributed by atoms with Crippen molar-refractivity contribution in [3.63, 3.8) is 0 Å². The van der Waals surface area contributed by atoms with Crippen molar-refractivity contribution in [1.82, 2.24) is 0 Å². The summed E-state index contributed by atoms with van der Waals surface area (Å²) in [5.41, 5.74) is 1.32. The van der Waals surface area contributed by atoms with Crippen molar-refractivity contribution in [1.29, 1.82) is 0 Å². The van der Waals surface area contributed by atoms with E-state index in [4.69, 9.17) is 27.9 Å². The lowest BCUT2D eigenvalue weighted by molar-refractivity contribution is 0.0988. The number of alkyl halides is 1. The van der Waals surface area contributed by atoms with Gasteiger partial charge >= 0.3 is 0 Å². The van der Waals surface area contributed by atoms with Gasteiger partial charge in [-0.15, -0.1) is 11.6 Å². The summed E-state index contributed by atoms with van der Waals surface area (Å²) >= 11 is 12.0. The summed E-state index contributed by atoms with van der Waals surface area (Å²) in [6.07, 6.45) is 6.24. The highest BCUT2D eigenvalue weighted by Gasteiger charge is 2.17. The first-order valence-electron chi connectivity index (χ1n) is 6.70. The van der Waals surface area contributed by atoms with Crippen LogP contribution in [-0.4, -0.2) is 18.6 Å². The molecule has 2 atom stereocenters. The Morgan fingerprint density at radius 2 is 2.06 bits per heavy atom. The molecule has 1 aliphatic rings. The monoisotopic (exact) mass is 286 g/mol. The summed E-state index contributed by atoms with van der Waals surface area (Å²) in [6.45, 7) is 0.938. The third-order valence-electron chi connectivity index (χ3n) is 3.58. The van der Waals surface area contributed by atoms with Crippen LogP contribution >= 0.6 is 23.2 Å². The van der Waals surface area contributed by atoms with Gasteiger partial charge in [0.1, 0.15) is 0 Å². The molecule has 2 unspecified atom stereocenters. The van der Waals surface area contributed by atoms with Gasteiger partial charge in [0, 0.05) is 17.5 Å². The first-order chi connectivity index (χ1) is 8.78. The smallest absolute Gasteiger partial charge is 0.0576 e. The second kappa shape index (κ2) is 7.37. The predicted octanol–water partition coefficient (Wildman–Crippen LogP) is 4.70. The van der Waals surface area contributed by atoms with Gasteiger partial charge < -0.3 is 4.74 Å². The molecule has 18 heavy (non-hydrogen) atoms. The lowest BCUT2D eigenvalue weighted by Gasteiger charge is -2.16. The Bertz CT molecular complexity index is 344. The zero-order valence-electron chi connectivity index (χ0n) is 10.6. The molecule has 3 heteroatoms. The molecule has 0 aromatic heterocycles. The third-order valence-corrected chi connectivity index (χ3v) is 4.27. The van der Waals surface area contributed by atoms with Crippen LogP contribution in [0.5, 0.6) is 0 Å². The van der Waals surface area contributed by atoms with Crippen molar-refractivity contribution in [2.45, 2.75) is 38.2 Å². The molecule has 0 saturated carbocycles. The summed E-state index contributed by atoms with van der Waals surface area (Å²) < 4.78 is 5.65. The van der Waals surface area contributed by atoms with Gasteiger partial charge in [-0.2, -0.15) is 0 Å². The van der Waals surface area contributed by atoms with E-state index in [1.807, 2.05) is 12.1 Å². The van der Waals surface area contributed by atoms with Crippen molar-refractivity contribution in [2.24, 2.45) is 5.92 Å². The number of halogens is 2. The largest absolute Gasteiger partial charge is 0.378 e. The van der Waals surface area contributed by atoms with Crippen LogP contribution in [-0.2, 0) is 11.2 Å². The zero-order chi connectivity index (χ0) is 12.8. The van der Waals surface area contributed by atoms with Crippen LogP contribution < -0.4 is 0 Å². The van der Waals surface area contributed by atoms with E-state index in [1.165, 1.54) is 18.4 Å². The highest BCUT2D eigenvalue weighted by atomic mass is 35.5. The van der Waals surface area contributed by atoms with E-state index < -0.39 is 0 Å². The molecule has 0 aliphatic carbocycles. The Balaban J connectivity index is 1.79. The minimum Gasteiger partial charge on any atom is -0.378 e. The van der Waals surface area contributed by atoms with Crippen molar-refractivity contribution >= 4 is 23.2 Å². The second-order valence-electron chi connectivity index (χ2n) is 5.06. The van der Waals surface area contributed by atoms with Crippen LogP contribution in [0, 0.1) is 5.92 Å². The molecule has 0 bridgehead atoms. The van der Waals surface area contributed by atoms with Crippen molar-refractivity contribution < 1.29 is 4.74 Å². The molecule has 0 N–H and O–H groups in total. The number of ether oxygens (including phenoxy) is 1. The minimum atomic E-state index is 0.473. The molecule has 1 aliphatic heterocycles. The maximum atomic E-state index is 6.07. The first-order valence-corrected chi connectivity index (χ1v) is 7.61. The van der Waals surface area contributed by atoms with E-state index in [2.05, 4.69) is 12.1 Å².